The minimum absolute atomic E-state index is 0.109. The van der Waals surface area contributed by atoms with Gasteiger partial charge in [-0.3, -0.25) is 4.79 Å². The SMILES string of the molecule is CCCCC(NC(=O)N(C)CC(=O)NC)C(=O)O. The molecule has 18 heavy (non-hydrogen) atoms. The summed E-state index contributed by atoms with van der Waals surface area (Å²) in [6.45, 7) is 1.83. The standard InChI is InChI=1S/C11H21N3O4/c1-4-5-6-8(10(16)17)13-11(18)14(3)7-9(15)12-2/h8H,4-7H2,1-3H3,(H,12,15)(H,13,18)(H,16,17). The van der Waals surface area contributed by atoms with Gasteiger partial charge in [-0.1, -0.05) is 19.8 Å². The van der Waals surface area contributed by atoms with Crippen LogP contribution in [0.5, 0.6) is 0 Å². The van der Waals surface area contributed by atoms with Crippen LogP contribution >= 0.6 is 0 Å². The van der Waals surface area contributed by atoms with Gasteiger partial charge in [0.25, 0.3) is 0 Å². The number of nitrogens with zero attached hydrogens (tertiary/aromatic N) is 1. The Morgan fingerprint density at radius 1 is 1.33 bits per heavy atom. The molecule has 0 aromatic rings. The molecular weight excluding hydrogens is 238 g/mol. The number of likely N-dealkylation sites (N-methyl/N-ethyl adjacent to an activating group) is 2. The summed E-state index contributed by atoms with van der Waals surface area (Å²) in [5.41, 5.74) is 0. The quantitative estimate of drug-likeness (QED) is 0.600. The van der Waals surface area contributed by atoms with E-state index >= 15 is 0 Å². The molecule has 0 heterocycles. The largest absolute Gasteiger partial charge is 0.480 e. The molecule has 0 rings (SSSR count). The Morgan fingerprint density at radius 3 is 2.39 bits per heavy atom. The van der Waals surface area contributed by atoms with Crippen molar-refractivity contribution in [3.05, 3.63) is 0 Å². The van der Waals surface area contributed by atoms with Gasteiger partial charge in [0, 0.05) is 14.1 Å². The molecule has 0 aliphatic carbocycles. The number of carboxylic acid groups (broad SMARTS) is 1. The van der Waals surface area contributed by atoms with Gasteiger partial charge < -0.3 is 20.6 Å². The third-order valence-electron chi connectivity index (χ3n) is 2.45. The van der Waals surface area contributed by atoms with Crippen LogP contribution in [0.25, 0.3) is 0 Å². The van der Waals surface area contributed by atoms with Crippen molar-refractivity contribution in [2.24, 2.45) is 0 Å². The lowest BCUT2D eigenvalue weighted by atomic mass is 10.1. The van der Waals surface area contributed by atoms with Gasteiger partial charge in [0.2, 0.25) is 5.91 Å². The normalized spacial score (nSPS) is 11.5. The van der Waals surface area contributed by atoms with Crippen LogP contribution in [-0.4, -0.2) is 54.6 Å². The molecule has 7 heteroatoms. The summed E-state index contributed by atoms with van der Waals surface area (Å²) in [6.07, 6.45) is 1.95. The summed E-state index contributed by atoms with van der Waals surface area (Å²) in [5, 5.41) is 13.7. The number of nitrogens with one attached hydrogen (secondary N) is 2. The highest BCUT2D eigenvalue weighted by Gasteiger charge is 2.21. The lowest BCUT2D eigenvalue weighted by Crippen LogP contribution is -2.48. The summed E-state index contributed by atoms with van der Waals surface area (Å²) >= 11 is 0. The van der Waals surface area contributed by atoms with E-state index in [4.69, 9.17) is 5.11 Å². The number of unbranched alkanes of at least 4 members (excludes halogenated alkanes) is 1. The Balaban J connectivity index is 4.31. The van der Waals surface area contributed by atoms with Crippen molar-refractivity contribution < 1.29 is 19.5 Å². The van der Waals surface area contributed by atoms with E-state index in [2.05, 4.69) is 10.6 Å². The second-order valence-corrected chi connectivity index (χ2v) is 4.01. The predicted octanol–water partition coefficient (Wildman–Crippen LogP) is 0.0172. The fraction of sp³-hybridized carbons (Fsp3) is 0.727. The Morgan fingerprint density at radius 2 is 1.94 bits per heavy atom. The maximum Gasteiger partial charge on any atom is 0.326 e. The first-order valence-electron chi connectivity index (χ1n) is 5.87. The molecule has 3 N–H and O–H groups in total. The number of hydrogen-bond acceptors (Lipinski definition) is 3. The molecule has 7 nitrogen and oxygen atoms in total. The van der Waals surface area contributed by atoms with Crippen LogP contribution in [0.15, 0.2) is 0 Å². The van der Waals surface area contributed by atoms with E-state index in [0.29, 0.717) is 6.42 Å². The molecule has 0 bridgehead atoms. The van der Waals surface area contributed by atoms with Crippen LogP contribution < -0.4 is 10.6 Å². The molecule has 0 spiro atoms. The third kappa shape index (κ3) is 6.07. The Bertz CT molecular complexity index is 307. The van der Waals surface area contributed by atoms with E-state index in [1.54, 1.807) is 0 Å². The number of carbonyl (C=O) groups is 3. The van der Waals surface area contributed by atoms with Crippen molar-refractivity contribution in [2.45, 2.75) is 32.2 Å². The molecule has 0 aliphatic rings. The van der Waals surface area contributed by atoms with Crippen molar-refractivity contribution in [2.75, 3.05) is 20.6 Å². The van der Waals surface area contributed by atoms with E-state index < -0.39 is 18.0 Å². The second kappa shape index (κ2) is 8.32. The van der Waals surface area contributed by atoms with Gasteiger partial charge in [-0.2, -0.15) is 0 Å². The van der Waals surface area contributed by atoms with Gasteiger partial charge in [0.1, 0.15) is 12.6 Å². The molecule has 104 valence electrons. The summed E-state index contributed by atoms with van der Waals surface area (Å²) in [6, 6.07) is -1.48. The summed E-state index contributed by atoms with van der Waals surface area (Å²) < 4.78 is 0. The molecule has 3 amide bonds. The van der Waals surface area contributed by atoms with Gasteiger partial charge in [0.05, 0.1) is 0 Å². The summed E-state index contributed by atoms with van der Waals surface area (Å²) in [4.78, 5) is 34.8. The van der Waals surface area contributed by atoms with E-state index in [1.807, 2.05) is 6.92 Å². The zero-order valence-electron chi connectivity index (χ0n) is 11.0. The van der Waals surface area contributed by atoms with E-state index in [9.17, 15) is 14.4 Å². The Hall–Kier alpha value is -1.79. The summed E-state index contributed by atoms with van der Waals surface area (Å²) in [7, 11) is 2.90. The average Bonchev–Trinajstić information content (AvgIpc) is 2.33. The number of urea groups is 1. The third-order valence-corrected chi connectivity index (χ3v) is 2.45. The van der Waals surface area contributed by atoms with Crippen molar-refractivity contribution in [3.63, 3.8) is 0 Å². The van der Waals surface area contributed by atoms with Crippen LogP contribution in [0.3, 0.4) is 0 Å². The first kappa shape index (κ1) is 16.2. The topological polar surface area (TPSA) is 98.7 Å². The monoisotopic (exact) mass is 259 g/mol. The molecule has 0 fully saturated rings. The second-order valence-electron chi connectivity index (χ2n) is 4.01. The van der Waals surface area contributed by atoms with Crippen molar-refractivity contribution in [1.82, 2.24) is 15.5 Å². The van der Waals surface area contributed by atoms with Crippen molar-refractivity contribution >= 4 is 17.9 Å². The zero-order valence-corrected chi connectivity index (χ0v) is 11.0. The minimum atomic E-state index is -1.06. The fourth-order valence-corrected chi connectivity index (χ4v) is 1.29. The van der Waals surface area contributed by atoms with Gasteiger partial charge >= 0.3 is 12.0 Å². The number of hydrogen-bond donors (Lipinski definition) is 3. The highest BCUT2D eigenvalue weighted by molar-refractivity contribution is 5.86. The summed E-state index contributed by atoms with van der Waals surface area (Å²) in [5.74, 6) is -1.38. The number of aliphatic carboxylic acids is 1. The predicted molar refractivity (Wildman–Crippen MR) is 66.2 cm³/mol. The first-order valence-corrected chi connectivity index (χ1v) is 5.87. The van der Waals surface area contributed by atoms with Crippen LogP contribution in [0.4, 0.5) is 4.79 Å². The number of carbonyl (C=O) groups excluding carboxylic acids is 2. The number of rotatable bonds is 7. The van der Waals surface area contributed by atoms with Gasteiger partial charge in [-0.25, -0.2) is 9.59 Å². The lowest BCUT2D eigenvalue weighted by molar-refractivity contribution is -0.139. The van der Waals surface area contributed by atoms with Crippen LogP contribution in [-0.2, 0) is 9.59 Å². The zero-order chi connectivity index (χ0) is 14.1. The number of carboxylic acids is 1. The molecule has 0 saturated heterocycles. The van der Waals surface area contributed by atoms with Crippen molar-refractivity contribution in [3.8, 4) is 0 Å². The first-order chi connectivity index (χ1) is 8.42. The minimum Gasteiger partial charge on any atom is -0.480 e. The highest BCUT2D eigenvalue weighted by atomic mass is 16.4. The molecule has 1 unspecified atom stereocenters. The van der Waals surface area contributed by atoms with Crippen molar-refractivity contribution in [1.29, 1.82) is 0 Å². The average molecular weight is 259 g/mol. The van der Waals surface area contributed by atoms with E-state index in [0.717, 1.165) is 17.7 Å². The Kier molecular flexibility index (Phi) is 7.50. The maximum atomic E-state index is 11.6. The number of amides is 3. The van der Waals surface area contributed by atoms with Crippen LogP contribution in [0.2, 0.25) is 0 Å². The lowest BCUT2D eigenvalue weighted by Gasteiger charge is -2.20. The smallest absolute Gasteiger partial charge is 0.326 e. The van der Waals surface area contributed by atoms with E-state index in [-0.39, 0.29) is 12.5 Å². The molecular formula is C11H21N3O4. The van der Waals surface area contributed by atoms with Gasteiger partial charge in [-0.15, -0.1) is 0 Å². The van der Waals surface area contributed by atoms with Crippen LogP contribution in [0.1, 0.15) is 26.2 Å². The van der Waals surface area contributed by atoms with Gasteiger partial charge in [0.15, 0.2) is 0 Å². The molecule has 0 radical (unpaired) electrons. The van der Waals surface area contributed by atoms with Gasteiger partial charge in [-0.05, 0) is 6.42 Å². The Labute approximate surface area is 107 Å². The molecule has 0 aliphatic heterocycles. The molecule has 0 saturated carbocycles. The fourth-order valence-electron chi connectivity index (χ4n) is 1.29. The molecule has 0 aromatic carbocycles. The molecule has 0 aromatic heterocycles. The highest BCUT2D eigenvalue weighted by Crippen LogP contribution is 2.01. The maximum absolute atomic E-state index is 11.6. The molecule has 1 atom stereocenters. The van der Waals surface area contributed by atoms with E-state index in [1.165, 1.54) is 14.1 Å². The van der Waals surface area contributed by atoms with Crippen LogP contribution in [0, 0.1) is 0 Å².